The molecule has 0 spiro atoms. The van der Waals surface area contributed by atoms with E-state index < -0.39 is 10.0 Å². The number of sulfonamides is 1. The van der Waals surface area contributed by atoms with Crippen LogP contribution in [0.1, 0.15) is 50.9 Å². The van der Waals surface area contributed by atoms with Gasteiger partial charge in [-0.05, 0) is 44.6 Å². The summed E-state index contributed by atoms with van der Waals surface area (Å²) >= 11 is 0. The van der Waals surface area contributed by atoms with Crippen molar-refractivity contribution in [3.63, 3.8) is 0 Å². The number of fused-ring (bicyclic) bond motifs is 3. The summed E-state index contributed by atoms with van der Waals surface area (Å²) in [6.45, 7) is 4.23. The van der Waals surface area contributed by atoms with Crippen LogP contribution in [0, 0.1) is 12.8 Å². The zero-order chi connectivity index (χ0) is 18.8. The third kappa shape index (κ3) is 2.77. The summed E-state index contributed by atoms with van der Waals surface area (Å²) in [5.41, 5.74) is 2.87. The van der Waals surface area contributed by atoms with Crippen LogP contribution in [0.15, 0.2) is 18.5 Å². The minimum absolute atomic E-state index is 0.00551. The molecule has 2 saturated carbocycles. The SMILES string of the molecule is CC[C@@H]1CC(NS(=O)(=O)C2CC2)CC1n1c(C)nc2cnc3[nH]ccc3c21. The zero-order valence-corrected chi connectivity index (χ0v) is 16.5. The highest BCUT2D eigenvalue weighted by molar-refractivity contribution is 7.90. The van der Waals surface area contributed by atoms with E-state index in [2.05, 4.69) is 26.2 Å². The lowest BCUT2D eigenvalue weighted by Crippen LogP contribution is -2.35. The van der Waals surface area contributed by atoms with Gasteiger partial charge in [-0.1, -0.05) is 13.3 Å². The molecule has 144 valence electrons. The number of hydrogen-bond donors (Lipinski definition) is 2. The monoisotopic (exact) mass is 387 g/mol. The van der Waals surface area contributed by atoms with Gasteiger partial charge < -0.3 is 9.55 Å². The molecule has 5 rings (SSSR count). The summed E-state index contributed by atoms with van der Waals surface area (Å²) < 4.78 is 30.1. The quantitative estimate of drug-likeness (QED) is 0.704. The predicted octanol–water partition coefficient (Wildman–Crippen LogP) is 3.03. The number of imidazole rings is 1. The Morgan fingerprint density at radius 2 is 2.15 bits per heavy atom. The summed E-state index contributed by atoms with van der Waals surface area (Å²) in [6.07, 6.45) is 8.04. The third-order valence-electron chi connectivity index (χ3n) is 6.22. The number of hydrogen-bond acceptors (Lipinski definition) is 4. The largest absolute Gasteiger partial charge is 0.346 e. The van der Waals surface area contributed by atoms with Crippen molar-refractivity contribution in [1.29, 1.82) is 0 Å². The van der Waals surface area contributed by atoms with Crippen molar-refractivity contribution < 1.29 is 8.42 Å². The Labute approximate surface area is 158 Å². The van der Waals surface area contributed by atoms with Crippen molar-refractivity contribution in [3.8, 4) is 0 Å². The van der Waals surface area contributed by atoms with Gasteiger partial charge in [0.15, 0.2) is 0 Å². The molecule has 27 heavy (non-hydrogen) atoms. The molecule has 0 aromatic carbocycles. The topological polar surface area (TPSA) is 92.7 Å². The minimum Gasteiger partial charge on any atom is -0.346 e. The van der Waals surface area contributed by atoms with Crippen molar-refractivity contribution >= 4 is 32.1 Å². The second-order valence-corrected chi connectivity index (χ2v) is 10.0. The van der Waals surface area contributed by atoms with Crippen molar-refractivity contribution in [2.24, 2.45) is 5.92 Å². The molecule has 0 radical (unpaired) electrons. The van der Waals surface area contributed by atoms with E-state index in [1.807, 2.05) is 25.4 Å². The maximum atomic E-state index is 12.4. The van der Waals surface area contributed by atoms with E-state index in [0.717, 1.165) is 60.0 Å². The summed E-state index contributed by atoms with van der Waals surface area (Å²) in [5.74, 6) is 1.39. The van der Waals surface area contributed by atoms with Crippen molar-refractivity contribution in [1.82, 2.24) is 24.2 Å². The lowest BCUT2D eigenvalue weighted by Gasteiger charge is -2.22. The van der Waals surface area contributed by atoms with Crippen LogP contribution >= 0.6 is 0 Å². The van der Waals surface area contributed by atoms with Crippen LogP contribution in [0.25, 0.3) is 22.1 Å². The second-order valence-electron chi connectivity index (χ2n) is 8.03. The first-order valence-corrected chi connectivity index (χ1v) is 11.3. The molecule has 0 amide bonds. The lowest BCUT2D eigenvalue weighted by molar-refractivity contribution is 0.372. The van der Waals surface area contributed by atoms with Gasteiger partial charge in [-0.15, -0.1) is 0 Å². The van der Waals surface area contributed by atoms with Crippen LogP contribution in [0.2, 0.25) is 0 Å². The molecule has 3 heterocycles. The highest BCUT2D eigenvalue weighted by atomic mass is 32.2. The van der Waals surface area contributed by atoms with Crippen molar-refractivity contribution in [2.75, 3.05) is 0 Å². The Bertz CT molecular complexity index is 1110. The average molecular weight is 388 g/mol. The van der Waals surface area contributed by atoms with E-state index in [9.17, 15) is 8.42 Å². The second kappa shape index (κ2) is 6.04. The molecule has 0 bridgehead atoms. The molecule has 2 unspecified atom stereocenters. The Kier molecular flexibility index (Phi) is 3.84. The molecule has 3 aromatic rings. The normalized spacial score (nSPS) is 26.4. The number of rotatable bonds is 5. The first-order chi connectivity index (χ1) is 13.0. The fourth-order valence-corrected chi connectivity index (χ4v) is 6.38. The number of aryl methyl sites for hydroxylation is 1. The van der Waals surface area contributed by atoms with Gasteiger partial charge in [0, 0.05) is 23.7 Å². The maximum Gasteiger partial charge on any atom is 0.214 e. The summed E-state index contributed by atoms with van der Waals surface area (Å²) in [6, 6.07) is 2.30. The van der Waals surface area contributed by atoms with Crippen LogP contribution in [0.4, 0.5) is 0 Å². The molecule has 3 atom stereocenters. The summed E-state index contributed by atoms with van der Waals surface area (Å²) in [4.78, 5) is 12.4. The van der Waals surface area contributed by atoms with E-state index in [1.54, 1.807) is 0 Å². The third-order valence-corrected chi connectivity index (χ3v) is 8.23. The van der Waals surface area contributed by atoms with Crippen LogP contribution in [0.3, 0.4) is 0 Å². The molecule has 3 aromatic heterocycles. The van der Waals surface area contributed by atoms with E-state index in [4.69, 9.17) is 4.98 Å². The summed E-state index contributed by atoms with van der Waals surface area (Å²) in [7, 11) is -3.16. The Morgan fingerprint density at radius 1 is 1.33 bits per heavy atom. The number of pyridine rings is 1. The highest BCUT2D eigenvalue weighted by Crippen LogP contribution is 2.42. The highest BCUT2D eigenvalue weighted by Gasteiger charge is 2.41. The Hall–Kier alpha value is -1.93. The van der Waals surface area contributed by atoms with Gasteiger partial charge >= 0.3 is 0 Å². The number of aromatic amines is 1. The molecule has 0 saturated heterocycles. The molecule has 2 N–H and O–H groups in total. The molecule has 8 heteroatoms. The van der Waals surface area contributed by atoms with Crippen LogP contribution in [-0.2, 0) is 10.0 Å². The molecule has 2 fully saturated rings. The first kappa shape index (κ1) is 17.2. The number of nitrogens with one attached hydrogen (secondary N) is 2. The van der Waals surface area contributed by atoms with Gasteiger partial charge in [-0.3, -0.25) is 0 Å². The first-order valence-electron chi connectivity index (χ1n) is 9.79. The van der Waals surface area contributed by atoms with Gasteiger partial charge in [-0.2, -0.15) is 0 Å². The fourth-order valence-electron chi connectivity index (χ4n) is 4.77. The van der Waals surface area contributed by atoms with Gasteiger partial charge in [0.1, 0.15) is 17.0 Å². The van der Waals surface area contributed by atoms with E-state index in [0.29, 0.717) is 5.92 Å². The maximum absolute atomic E-state index is 12.4. The van der Waals surface area contributed by atoms with Gasteiger partial charge in [0.2, 0.25) is 10.0 Å². The van der Waals surface area contributed by atoms with E-state index >= 15 is 0 Å². The molecular formula is C19H25N5O2S. The molecule has 2 aliphatic rings. The van der Waals surface area contributed by atoms with Gasteiger partial charge in [-0.25, -0.2) is 23.1 Å². The molecule has 0 aliphatic heterocycles. The molecule has 7 nitrogen and oxygen atoms in total. The Morgan fingerprint density at radius 3 is 2.89 bits per heavy atom. The minimum atomic E-state index is -3.16. The molecule has 2 aliphatic carbocycles. The van der Waals surface area contributed by atoms with Crippen LogP contribution in [-0.4, -0.2) is 39.2 Å². The average Bonchev–Trinajstić information content (AvgIpc) is 3.13. The zero-order valence-electron chi connectivity index (χ0n) is 15.6. The van der Waals surface area contributed by atoms with E-state index in [-0.39, 0.29) is 17.3 Å². The molecular weight excluding hydrogens is 362 g/mol. The van der Waals surface area contributed by atoms with Gasteiger partial charge in [0.25, 0.3) is 0 Å². The van der Waals surface area contributed by atoms with Crippen LogP contribution in [0.5, 0.6) is 0 Å². The van der Waals surface area contributed by atoms with Gasteiger partial charge in [0.05, 0.1) is 17.0 Å². The summed E-state index contributed by atoms with van der Waals surface area (Å²) in [5, 5.41) is 0.906. The van der Waals surface area contributed by atoms with Crippen molar-refractivity contribution in [2.45, 2.75) is 63.3 Å². The number of aromatic nitrogens is 4. The standard InChI is InChI=1S/C19H25N5O2S/c1-3-12-8-13(23-27(25,26)14-4-5-14)9-17(12)24-11(2)22-16-10-21-19-15(18(16)24)6-7-20-19/h6-7,10,12-14,17,23H,3-5,8-9H2,1-2H3,(H,20,21)/t12-,13?,17?/m1/s1. The van der Waals surface area contributed by atoms with Crippen LogP contribution < -0.4 is 4.72 Å². The number of H-pyrrole nitrogens is 1. The number of nitrogens with zero attached hydrogens (tertiary/aromatic N) is 3. The van der Waals surface area contributed by atoms with E-state index in [1.165, 1.54) is 0 Å². The fraction of sp³-hybridized carbons (Fsp3) is 0.579. The van der Waals surface area contributed by atoms with Crippen molar-refractivity contribution in [3.05, 3.63) is 24.3 Å². The lowest BCUT2D eigenvalue weighted by atomic mass is 10.00. The Balaban J connectivity index is 1.55. The smallest absolute Gasteiger partial charge is 0.214 e. The predicted molar refractivity (Wildman–Crippen MR) is 105 cm³/mol.